The summed E-state index contributed by atoms with van der Waals surface area (Å²) in [7, 11) is 1.44. The molecule has 2 N–H and O–H groups in total. The number of hydrogen-bond acceptors (Lipinski definition) is 6. The number of nitro groups is 1. The van der Waals surface area contributed by atoms with Gasteiger partial charge >= 0.3 is 16.9 Å². The molecule has 160 valence electrons. The van der Waals surface area contributed by atoms with E-state index in [-0.39, 0.29) is 18.1 Å². The van der Waals surface area contributed by atoms with E-state index in [0.717, 1.165) is 0 Å². The highest BCUT2D eigenvalue weighted by atomic mass is 127. The molecule has 0 aliphatic carbocycles. The number of methoxy groups -OCH3 is 1. The molecule has 0 spiro atoms. The van der Waals surface area contributed by atoms with E-state index >= 15 is 0 Å². The molecule has 0 unspecified atom stereocenters. The van der Waals surface area contributed by atoms with E-state index in [2.05, 4.69) is 4.98 Å². The lowest BCUT2D eigenvalue weighted by Gasteiger charge is -2.14. The van der Waals surface area contributed by atoms with Crippen molar-refractivity contribution in [3.63, 3.8) is 0 Å². The van der Waals surface area contributed by atoms with Crippen LogP contribution in [-0.4, -0.2) is 22.0 Å². The second kappa shape index (κ2) is 9.55. The van der Waals surface area contributed by atoms with Crippen molar-refractivity contribution in [2.75, 3.05) is 7.11 Å². The van der Waals surface area contributed by atoms with Crippen LogP contribution in [0.15, 0.2) is 46.0 Å². The largest absolute Gasteiger partial charge is 0.493 e. The van der Waals surface area contributed by atoms with E-state index < -0.39 is 21.9 Å². The Labute approximate surface area is 187 Å². The molecule has 1 heterocycles. The van der Waals surface area contributed by atoms with Crippen molar-refractivity contribution >= 4 is 40.4 Å². The fraction of sp³-hybridized carbons (Fsp3) is 0.100. The first-order valence-corrected chi connectivity index (χ1v) is 9.81. The minimum absolute atomic E-state index is 0.00551. The van der Waals surface area contributed by atoms with Crippen molar-refractivity contribution in [1.82, 2.24) is 9.97 Å². The molecule has 0 radical (unpaired) electrons. The second-order valence-electron chi connectivity index (χ2n) is 6.18. The van der Waals surface area contributed by atoms with Gasteiger partial charge in [-0.3, -0.25) is 19.9 Å². The van der Waals surface area contributed by atoms with Crippen molar-refractivity contribution in [3.8, 4) is 11.5 Å². The fourth-order valence-electron chi connectivity index (χ4n) is 2.72. The maximum Gasteiger partial charge on any atom is 0.357 e. The molecule has 3 aromatic rings. The Kier molecular flexibility index (Phi) is 6.84. The molecule has 2 aromatic carbocycles. The zero-order valence-corrected chi connectivity index (χ0v) is 18.1. The molecule has 3 rings (SSSR count). The van der Waals surface area contributed by atoms with Gasteiger partial charge in [0.15, 0.2) is 11.5 Å². The van der Waals surface area contributed by atoms with Crippen LogP contribution in [0.25, 0.3) is 12.2 Å². The lowest BCUT2D eigenvalue weighted by Crippen LogP contribution is -2.25. The van der Waals surface area contributed by atoms with Gasteiger partial charge in [0.25, 0.3) is 0 Å². The summed E-state index contributed by atoms with van der Waals surface area (Å²) in [4.78, 5) is 37.5. The topological polar surface area (TPSA) is 127 Å². The van der Waals surface area contributed by atoms with Gasteiger partial charge in [-0.15, -0.1) is 0 Å². The molecule has 0 saturated carbocycles. The summed E-state index contributed by atoms with van der Waals surface area (Å²) >= 11 is 2.02. The average molecular weight is 539 g/mol. The number of rotatable bonds is 7. The van der Waals surface area contributed by atoms with E-state index in [9.17, 15) is 24.1 Å². The second-order valence-corrected chi connectivity index (χ2v) is 7.34. The summed E-state index contributed by atoms with van der Waals surface area (Å²) in [5, 5.41) is 11.1. The fourth-order valence-corrected chi connectivity index (χ4v) is 3.50. The number of aromatic nitrogens is 2. The Morgan fingerprint density at radius 3 is 2.61 bits per heavy atom. The van der Waals surface area contributed by atoms with Gasteiger partial charge in [-0.25, -0.2) is 9.18 Å². The quantitative estimate of drug-likeness (QED) is 0.269. The SMILES string of the molecule is COc1cc(/C=C/c2[nH]c(=O)[nH]c(=O)c2[N+](=O)[O-])cc(I)c1OCc1ccccc1F. The maximum atomic E-state index is 13.8. The number of aromatic amines is 2. The van der Waals surface area contributed by atoms with Crippen LogP contribution in [0.3, 0.4) is 0 Å². The minimum Gasteiger partial charge on any atom is -0.493 e. The number of halogens is 2. The first kappa shape index (κ1) is 22.2. The Morgan fingerprint density at radius 2 is 1.94 bits per heavy atom. The molecule has 11 heteroatoms. The van der Waals surface area contributed by atoms with Crippen LogP contribution in [0.1, 0.15) is 16.8 Å². The average Bonchev–Trinajstić information content (AvgIpc) is 2.71. The molecular formula is C20H15FIN3O6. The van der Waals surface area contributed by atoms with E-state index in [1.807, 2.05) is 27.6 Å². The summed E-state index contributed by atoms with van der Waals surface area (Å²) in [6, 6.07) is 9.55. The predicted octanol–water partition coefficient (Wildman–Crippen LogP) is 3.47. The standard InChI is InChI=1S/C20H15FIN3O6/c1-30-16-9-11(6-7-15-17(25(28)29)19(26)24-20(27)23-15)8-14(22)18(16)31-10-12-4-2-3-5-13(12)21/h2-9H,10H2,1H3,(H2,23,24,26,27)/b7-6+. The molecule has 0 aliphatic rings. The highest BCUT2D eigenvalue weighted by Gasteiger charge is 2.19. The van der Waals surface area contributed by atoms with Crippen molar-refractivity contribution in [2.24, 2.45) is 0 Å². The highest BCUT2D eigenvalue weighted by Crippen LogP contribution is 2.35. The van der Waals surface area contributed by atoms with E-state index in [1.165, 1.54) is 25.3 Å². The van der Waals surface area contributed by atoms with Gasteiger partial charge in [-0.2, -0.15) is 0 Å². The molecule has 1 aromatic heterocycles. The molecule has 0 fully saturated rings. The zero-order valence-electron chi connectivity index (χ0n) is 16.0. The molecular weight excluding hydrogens is 524 g/mol. The summed E-state index contributed by atoms with van der Waals surface area (Å²) in [5.41, 5.74) is -2.03. The zero-order chi connectivity index (χ0) is 22.5. The lowest BCUT2D eigenvalue weighted by atomic mass is 10.1. The Bertz CT molecular complexity index is 1280. The van der Waals surface area contributed by atoms with Crippen LogP contribution in [0, 0.1) is 19.5 Å². The molecule has 31 heavy (non-hydrogen) atoms. The summed E-state index contributed by atoms with van der Waals surface area (Å²) in [6.45, 7) is -0.00551. The molecule has 0 saturated heterocycles. The number of nitrogens with zero attached hydrogens (tertiary/aromatic N) is 1. The molecule has 0 bridgehead atoms. The van der Waals surface area contributed by atoms with Gasteiger partial charge in [0.2, 0.25) is 0 Å². The third kappa shape index (κ3) is 5.17. The predicted molar refractivity (Wildman–Crippen MR) is 120 cm³/mol. The number of benzene rings is 2. The van der Waals surface area contributed by atoms with E-state index in [1.54, 1.807) is 30.3 Å². The molecule has 9 nitrogen and oxygen atoms in total. The maximum absolute atomic E-state index is 13.8. The normalized spacial score (nSPS) is 10.9. The number of H-pyrrole nitrogens is 2. The van der Waals surface area contributed by atoms with Crippen LogP contribution >= 0.6 is 22.6 Å². The van der Waals surface area contributed by atoms with Gasteiger partial charge in [-0.1, -0.05) is 24.3 Å². The van der Waals surface area contributed by atoms with Crippen molar-refractivity contribution in [3.05, 3.63) is 93.6 Å². The van der Waals surface area contributed by atoms with Gasteiger partial charge in [0, 0.05) is 5.56 Å². The monoisotopic (exact) mass is 539 g/mol. The Morgan fingerprint density at radius 1 is 1.19 bits per heavy atom. The summed E-state index contributed by atoms with van der Waals surface area (Å²) in [5.74, 6) is 0.375. The van der Waals surface area contributed by atoms with Gasteiger partial charge in [0.1, 0.15) is 18.1 Å². The van der Waals surface area contributed by atoms with Gasteiger partial charge in [-0.05, 0) is 52.4 Å². The Balaban J connectivity index is 1.92. The minimum atomic E-state index is -1.10. The molecule has 0 aliphatic heterocycles. The van der Waals surface area contributed by atoms with Crippen LogP contribution in [-0.2, 0) is 6.61 Å². The van der Waals surface area contributed by atoms with Crippen molar-refractivity contribution in [2.45, 2.75) is 6.61 Å². The smallest absolute Gasteiger partial charge is 0.357 e. The third-order valence-electron chi connectivity index (χ3n) is 4.15. The Hall–Kier alpha value is -3.48. The first-order valence-electron chi connectivity index (χ1n) is 8.73. The van der Waals surface area contributed by atoms with Crippen LogP contribution in [0.2, 0.25) is 0 Å². The van der Waals surface area contributed by atoms with E-state index in [4.69, 9.17) is 9.47 Å². The molecule has 0 atom stereocenters. The van der Waals surface area contributed by atoms with Crippen LogP contribution in [0.5, 0.6) is 11.5 Å². The summed E-state index contributed by atoms with van der Waals surface area (Å²) in [6.07, 6.45) is 2.72. The van der Waals surface area contributed by atoms with Crippen LogP contribution in [0.4, 0.5) is 10.1 Å². The summed E-state index contributed by atoms with van der Waals surface area (Å²) < 4.78 is 25.6. The third-order valence-corrected chi connectivity index (χ3v) is 4.95. The lowest BCUT2D eigenvalue weighted by molar-refractivity contribution is -0.386. The number of hydrogen-bond donors (Lipinski definition) is 2. The number of ether oxygens (including phenoxy) is 2. The molecule has 0 amide bonds. The van der Waals surface area contributed by atoms with Crippen molar-refractivity contribution in [1.29, 1.82) is 0 Å². The van der Waals surface area contributed by atoms with Crippen molar-refractivity contribution < 1.29 is 18.8 Å². The first-order chi connectivity index (χ1) is 14.8. The van der Waals surface area contributed by atoms with Crippen LogP contribution < -0.4 is 20.7 Å². The van der Waals surface area contributed by atoms with E-state index in [0.29, 0.717) is 26.2 Å². The highest BCUT2D eigenvalue weighted by molar-refractivity contribution is 14.1. The van der Waals surface area contributed by atoms with Gasteiger partial charge in [0.05, 0.1) is 15.6 Å². The number of nitrogens with one attached hydrogen (secondary N) is 2. The van der Waals surface area contributed by atoms with Gasteiger partial charge < -0.3 is 14.5 Å².